The van der Waals surface area contributed by atoms with Crippen molar-refractivity contribution in [1.29, 1.82) is 0 Å². The number of halogens is 1. The second-order valence-corrected chi connectivity index (χ2v) is 5.60. The van der Waals surface area contributed by atoms with E-state index in [1.54, 1.807) is 0 Å². The van der Waals surface area contributed by atoms with Crippen LogP contribution in [0.3, 0.4) is 0 Å². The second kappa shape index (κ2) is 7.46. The third-order valence-corrected chi connectivity index (χ3v) is 3.90. The Bertz CT molecular complexity index is 272. The molecule has 0 radical (unpaired) electrons. The van der Waals surface area contributed by atoms with Gasteiger partial charge in [0.05, 0.1) is 12.7 Å². The lowest BCUT2D eigenvalue weighted by molar-refractivity contribution is -0.273. The van der Waals surface area contributed by atoms with E-state index < -0.39 is 6.29 Å². The molecular formula is C13H23BrO4. The number of hydrogen-bond acceptors (Lipinski definition) is 4. The topological polar surface area (TPSA) is 44.8 Å². The van der Waals surface area contributed by atoms with Crippen LogP contribution in [-0.2, 0) is 19.0 Å². The summed E-state index contributed by atoms with van der Waals surface area (Å²) in [5.74, 6) is 0.293. The first-order chi connectivity index (χ1) is 8.51. The molecule has 1 aliphatic rings. The molecule has 18 heavy (non-hydrogen) atoms. The summed E-state index contributed by atoms with van der Waals surface area (Å²) in [6.45, 7) is 8.29. The molecule has 1 heterocycles. The molecule has 0 aliphatic carbocycles. The molecule has 2 unspecified atom stereocenters. The lowest BCUT2D eigenvalue weighted by atomic mass is 9.82. The molecule has 0 amide bonds. The molecule has 0 N–H and O–H groups in total. The lowest BCUT2D eigenvalue weighted by Crippen LogP contribution is -2.52. The van der Waals surface area contributed by atoms with E-state index in [0.29, 0.717) is 12.5 Å². The van der Waals surface area contributed by atoms with Crippen molar-refractivity contribution in [1.82, 2.24) is 0 Å². The van der Waals surface area contributed by atoms with Crippen molar-refractivity contribution in [3.8, 4) is 0 Å². The Morgan fingerprint density at radius 1 is 1.33 bits per heavy atom. The molecule has 1 fully saturated rings. The van der Waals surface area contributed by atoms with Crippen LogP contribution in [0.25, 0.3) is 0 Å². The molecule has 1 rings (SSSR count). The third kappa shape index (κ3) is 3.93. The van der Waals surface area contributed by atoms with Crippen LogP contribution in [0.1, 0.15) is 34.1 Å². The number of rotatable bonds is 5. The van der Waals surface area contributed by atoms with E-state index in [-0.39, 0.29) is 24.1 Å². The summed E-state index contributed by atoms with van der Waals surface area (Å²) >= 11 is 3.32. The van der Waals surface area contributed by atoms with Gasteiger partial charge in [0.2, 0.25) is 0 Å². The van der Waals surface area contributed by atoms with Crippen LogP contribution in [0.4, 0.5) is 0 Å². The molecule has 0 aromatic rings. The summed E-state index contributed by atoms with van der Waals surface area (Å²) in [6, 6.07) is 0. The van der Waals surface area contributed by atoms with E-state index in [1.807, 2.05) is 0 Å². The number of carbonyl (C=O) groups excluding carboxylic acids is 1. The van der Waals surface area contributed by atoms with Crippen LogP contribution in [0, 0.1) is 11.8 Å². The molecule has 0 aromatic carbocycles. The van der Waals surface area contributed by atoms with Gasteiger partial charge in [0.25, 0.3) is 0 Å². The molecular weight excluding hydrogens is 300 g/mol. The minimum absolute atomic E-state index is 0.159. The highest BCUT2D eigenvalue weighted by atomic mass is 79.9. The molecule has 1 aliphatic heterocycles. The van der Waals surface area contributed by atoms with E-state index in [9.17, 15) is 4.79 Å². The fourth-order valence-corrected chi connectivity index (χ4v) is 2.56. The van der Waals surface area contributed by atoms with E-state index in [1.165, 1.54) is 6.92 Å². The summed E-state index contributed by atoms with van der Waals surface area (Å²) in [6.07, 6.45) is 0.320. The maximum absolute atomic E-state index is 11.2. The smallest absolute Gasteiger partial charge is 0.303 e. The average molecular weight is 323 g/mol. The van der Waals surface area contributed by atoms with Gasteiger partial charge in [-0.15, -0.1) is 0 Å². The predicted octanol–water partition coefficient (Wildman–Crippen LogP) is 2.74. The first-order valence-electron chi connectivity index (χ1n) is 6.51. The molecule has 0 aromatic heterocycles. The second-order valence-electron chi connectivity index (χ2n) is 4.80. The summed E-state index contributed by atoms with van der Waals surface area (Å²) in [4.78, 5) is 11.2. The highest BCUT2D eigenvalue weighted by Crippen LogP contribution is 2.34. The zero-order chi connectivity index (χ0) is 13.7. The number of ether oxygens (including phenoxy) is 3. The molecule has 5 heteroatoms. The first kappa shape index (κ1) is 15.9. The summed E-state index contributed by atoms with van der Waals surface area (Å²) in [5, 5.41) is 0.736. The summed E-state index contributed by atoms with van der Waals surface area (Å²) < 4.78 is 16.9. The molecule has 106 valence electrons. The fraction of sp³-hybridized carbons (Fsp3) is 0.923. The van der Waals surface area contributed by atoms with Gasteiger partial charge in [-0.05, 0) is 12.3 Å². The van der Waals surface area contributed by atoms with Crippen LogP contribution >= 0.6 is 15.9 Å². The van der Waals surface area contributed by atoms with Crippen LogP contribution in [0.5, 0.6) is 0 Å². The van der Waals surface area contributed by atoms with Crippen LogP contribution < -0.4 is 0 Å². The minimum Gasteiger partial charge on any atom is -0.457 e. The number of alkyl halides is 1. The monoisotopic (exact) mass is 322 g/mol. The fourth-order valence-electron chi connectivity index (χ4n) is 2.38. The van der Waals surface area contributed by atoms with Gasteiger partial charge >= 0.3 is 5.97 Å². The Hall–Kier alpha value is -0.130. The van der Waals surface area contributed by atoms with E-state index in [4.69, 9.17) is 14.2 Å². The largest absolute Gasteiger partial charge is 0.457 e. The molecule has 1 saturated heterocycles. The zero-order valence-corrected chi connectivity index (χ0v) is 13.1. The highest BCUT2D eigenvalue weighted by molar-refractivity contribution is 9.09. The Morgan fingerprint density at radius 3 is 2.50 bits per heavy atom. The van der Waals surface area contributed by atoms with Crippen molar-refractivity contribution in [3.63, 3.8) is 0 Å². The van der Waals surface area contributed by atoms with Crippen molar-refractivity contribution in [2.45, 2.75) is 52.6 Å². The van der Waals surface area contributed by atoms with Gasteiger partial charge in [0, 0.05) is 18.2 Å². The van der Waals surface area contributed by atoms with Crippen molar-refractivity contribution in [3.05, 3.63) is 0 Å². The Balaban J connectivity index is 2.76. The molecule has 0 spiro atoms. The van der Waals surface area contributed by atoms with Crippen molar-refractivity contribution < 1.29 is 19.0 Å². The van der Waals surface area contributed by atoms with E-state index >= 15 is 0 Å². The van der Waals surface area contributed by atoms with Gasteiger partial charge in [0.15, 0.2) is 12.4 Å². The van der Waals surface area contributed by atoms with Gasteiger partial charge in [-0.3, -0.25) is 4.79 Å². The maximum atomic E-state index is 11.2. The summed E-state index contributed by atoms with van der Waals surface area (Å²) in [5.41, 5.74) is 0. The van der Waals surface area contributed by atoms with Gasteiger partial charge in [-0.25, -0.2) is 0 Å². The van der Waals surface area contributed by atoms with Gasteiger partial charge in [-0.2, -0.15) is 0 Å². The Morgan fingerprint density at radius 2 is 2.00 bits per heavy atom. The summed E-state index contributed by atoms with van der Waals surface area (Å²) in [7, 11) is 0. The van der Waals surface area contributed by atoms with Crippen molar-refractivity contribution in [2.75, 3.05) is 11.9 Å². The quantitative estimate of drug-likeness (QED) is 0.576. The van der Waals surface area contributed by atoms with Crippen molar-refractivity contribution >= 4 is 21.9 Å². The van der Waals surface area contributed by atoms with Gasteiger partial charge < -0.3 is 14.2 Å². The van der Waals surface area contributed by atoms with E-state index in [2.05, 4.69) is 36.7 Å². The number of carbonyl (C=O) groups is 1. The maximum Gasteiger partial charge on any atom is 0.303 e. The molecule has 0 bridgehead atoms. The predicted molar refractivity (Wildman–Crippen MR) is 72.6 cm³/mol. The minimum atomic E-state index is -0.456. The number of hydrogen-bond donors (Lipinski definition) is 0. The highest BCUT2D eigenvalue weighted by Gasteiger charge is 2.43. The van der Waals surface area contributed by atoms with Crippen LogP contribution in [0.15, 0.2) is 0 Å². The molecule has 4 nitrogen and oxygen atoms in total. The Kier molecular flexibility index (Phi) is 6.60. The third-order valence-electron chi connectivity index (χ3n) is 3.57. The zero-order valence-electron chi connectivity index (χ0n) is 11.5. The Labute approximate surface area is 117 Å². The lowest BCUT2D eigenvalue weighted by Gasteiger charge is -2.43. The van der Waals surface area contributed by atoms with E-state index in [0.717, 1.165) is 11.8 Å². The number of esters is 1. The van der Waals surface area contributed by atoms with Gasteiger partial charge in [-0.1, -0.05) is 36.7 Å². The van der Waals surface area contributed by atoms with Crippen molar-refractivity contribution in [2.24, 2.45) is 11.8 Å². The average Bonchev–Trinajstić information content (AvgIpc) is 2.33. The standard InChI is InChI=1S/C13H23BrO4/c1-5-11-8(2)9(3)12(17-10(4)15)13(18-11)16-7-6-14/h8-9,11-13H,5-7H2,1-4H3/t8-,9-,11?,12?,13-/m0/s1. The van der Waals surface area contributed by atoms with Crippen LogP contribution in [-0.4, -0.2) is 36.4 Å². The molecule has 5 atom stereocenters. The molecule has 0 saturated carbocycles. The van der Waals surface area contributed by atoms with Gasteiger partial charge in [0.1, 0.15) is 0 Å². The SMILES string of the molecule is CCC1O[C@H](OCCBr)C(OC(C)=O)[C@@H](C)[C@@H]1C. The normalized spacial score (nSPS) is 36.4. The van der Waals surface area contributed by atoms with Crippen LogP contribution in [0.2, 0.25) is 0 Å². The first-order valence-corrected chi connectivity index (χ1v) is 7.63.